The lowest BCUT2D eigenvalue weighted by molar-refractivity contribution is -0.121. The summed E-state index contributed by atoms with van der Waals surface area (Å²) in [6.07, 6.45) is 3.24. The second-order valence-corrected chi connectivity index (χ2v) is 6.50. The van der Waals surface area contributed by atoms with Gasteiger partial charge in [0.05, 0.1) is 16.2 Å². The molecule has 126 valence electrons. The summed E-state index contributed by atoms with van der Waals surface area (Å²) in [7, 11) is 0. The Balaban J connectivity index is 1.62. The second-order valence-electron chi connectivity index (χ2n) is 5.56. The minimum Gasteiger partial charge on any atom is -0.408 e. The third-order valence-electron chi connectivity index (χ3n) is 3.69. The van der Waals surface area contributed by atoms with E-state index in [0.717, 1.165) is 29.1 Å². The van der Waals surface area contributed by atoms with Crippen LogP contribution in [0.5, 0.6) is 0 Å². The Morgan fingerprint density at radius 2 is 2.29 bits per heavy atom. The number of H-pyrrole nitrogens is 1. The van der Waals surface area contributed by atoms with Crippen molar-refractivity contribution in [3.63, 3.8) is 0 Å². The fraction of sp³-hybridized carbons (Fsp3) is 0.353. The van der Waals surface area contributed by atoms with Gasteiger partial charge in [0.2, 0.25) is 5.91 Å². The fourth-order valence-electron chi connectivity index (χ4n) is 2.40. The molecular formula is C17H19N3O3S. The summed E-state index contributed by atoms with van der Waals surface area (Å²) in [5.41, 5.74) is 2.95. The van der Waals surface area contributed by atoms with Crippen molar-refractivity contribution in [2.45, 2.75) is 32.6 Å². The summed E-state index contributed by atoms with van der Waals surface area (Å²) in [6, 6.07) is 5.51. The quantitative estimate of drug-likeness (QED) is 0.689. The number of aromatic amines is 1. The van der Waals surface area contributed by atoms with Gasteiger partial charge in [0, 0.05) is 30.3 Å². The van der Waals surface area contributed by atoms with Crippen LogP contribution in [0.4, 0.5) is 0 Å². The third-order valence-corrected chi connectivity index (χ3v) is 4.60. The van der Waals surface area contributed by atoms with Crippen LogP contribution in [0, 0.1) is 0 Å². The molecule has 0 unspecified atom stereocenters. The number of benzene rings is 1. The molecule has 0 bridgehead atoms. The molecule has 3 rings (SSSR count). The minimum atomic E-state index is -0.458. The number of aromatic nitrogens is 2. The molecule has 6 nitrogen and oxygen atoms in total. The summed E-state index contributed by atoms with van der Waals surface area (Å²) in [4.78, 5) is 30.0. The Morgan fingerprint density at radius 1 is 1.42 bits per heavy atom. The highest BCUT2D eigenvalue weighted by atomic mass is 32.1. The van der Waals surface area contributed by atoms with Crippen LogP contribution < -0.4 is 11.1 Å². The zero-order valence-electron chi connectivity index (χ0n) is 13.4. The van der Waals surface area contributed by atoms with Crippen LogP contribution in [0.25, 0.3) is 22.4 Å². The lowest BCUT2D eigenvalue weighted by atomic mass is 10.1. The van der Waals surface area contributed by atoms with Crippen molar-refractivity contribution in [1.82, 2.24) is 15.3 Å². The minimum absolute atomic E-state index is 0.0987. The number of thiazole rings is 1. The first-order valence-corrected chi connectivity index (χ1v) is 8.88. The summed E-state index contributed by atoms with van der Waals surface area (Å²) < 4.78 is 5.08. The lowest BCUT2D eigenvalue weighted by Gasteiger charge is -2.02. The Morgan fingerprint density at radius 3 is 3.12 bits per heavy atom. The first kappa shape index (κ1) is 16.4. The highest BCUT2D eigenvalue weighted by Gasteiger charge is 2.08. The van der Waals surface area contributed by atoms with E-state index in [2.05, 4.69) is 22.2 Å². The maximum absolute atomic E-state index is 11.6. The Kier molecular flexibility index (Phi) is 5.10. The number of unbranched alkanes of at least 4 members (excludes halogenated alkanes) is 1. The largest absolute Gasteiger partial charge is 0.417 e. The van der Waals surface area contributed by atoms with E-state index in [1.165, 1.54) is 0 Å². The van der Waals surface area contributed by atoms with Gasteiger partial charge in [-0.05, 0) is 18.6 Å². The molecule has 0 fully saturated rings. The molecule has 0 aliphatic heterocycles. The van der Waals surface area contributed by atoms with E-state index in [1.807, 2.05) is 17.5 Å². The average Bonchev–Trinajstić information content (AvgIpc) is 3.17. The van der Waals surface area contributed by atoms with Crippen molar-refractivity contribution in [1.29, 1.82) is 0 Å². The predicted molar refractivity (Wildman–Crippen MR) is 94.2 cm³/mol. The van der Waals surface area contributed by atoms with E-state index in [-0.39, 0.29) is 5.91 Å². The molecule has 0 atom stereocenters. The molecule has 2 N–H and O–H groups in total. The fourth-order valence-corrected chi connectivity index (χ4v) is 3.21. The summed E-state index contributed by atoms with van der Waals surface area (Å²) in [6.45, 7) is 2.67. The number of rotatable bonds is 7. The van der Waals surface area contributed by atoms with Gasteiger partial charge < -0.3 is 9.73 Å². The molecule has 0 saturated carbocycles. The number of carbonyl (C=O) groups excluding carboxylic acids is 1. The van der Waals surface area contributed by atoms with Crippen LogP contribution in [0.15, 0.2) is 32.8 Å². The molecule has 3 aromatic rings. The molecule has 7 heteroatoms. The van der Waals surface area contributed by atoms with Crippen molar-refractivity contribution >= 4 is 28.3 Å². The lowest BCUT2D eigenvalue weighted by Crippen LogP contribution is -2.25. The molecule has 0 radical (unpaired) electrons. The van der Waals surface area contributed by atoms with Crippen LogP contribution in [0.1, 0.15) is 31.2 Å². The smallest absolute Gasteiger partial charge is 0.408 e. The van der Waals surface area contributed by atoms with Crippen molar-refractivity contribution < 1.29 is 9.21 Å². The van der Waals surface area contributed by atoms with Gasteiger partial charge in [0.15, 0.2) is 5.58 Å². The van der Waals surface area contributed by atoms with E-state index in [0.29, 0.717) is 30.5 Å². The van der Waals surface area contributed by atoms with E-state index in [1.54, 1.807) is 17.4 Å². The number of carbonyl (C=O) groups is 1. The molecular weight excluding hydrogens is 326 g/mol. The standard InChI is InChI=1S/C17H19N3O3S/c1-2-3-4-15(21)18-8-7-16-19-13(10-24-16)11-5-6-12-14(9-11)23-17(22)20-12/h5-6,9-10H,2-4,7-8H2,1H3,(H,18,21)(H,20,22). The van der Waals surface area contributed by atoms with Gasteiger partial charge in [-0.2, -0.15) is 0 Å². The van der Waals surface area contributed by atoms with Crippen LogP contribution in [-0.4, -0.2) is 22.4 Å². The van der Waals surface area contributed by atoms with Crippen LogP contribution in [0.3, 0.4) is 0 Å². The Bertz CT molecular complexity index is 894. The Hall–Kier alpha value is -2.41. The molecule has 1 amide bonds. The van der Waals surface area contributed by atoms with E-state index in [4.69, 9.17) is 4.42 Å². The first-order chi connectivity index (χ1) is 11.7. The normalized spacial score (nSPS) is 11.0. The molecule has 2 aromatic heterocycles. The summed E-state index contributed by atoms with van der Waals surface area (Å²) >= 11 is 1.56. The summed E-state index contributed by atoms with van der Waals surface area (Å²) in [5, 5.41) is 5.86. The van der Waals surface area contributed by atoms with Gasteiger partial charge in [-0.1, -0.05) is 19.4 Å². The second kappa shape index (κ2) is 7.44. The molecule has 0 aliphatic rings. The van der Waals surface area contributed by atoms with Gasteiger partial charge in [0.25, 0.3) is 0 Å². The Labute approximate surface area is 142 Å². The topological polar surface area (TPSA) is 88.0 Å². The predicted octanol–water partition coefficient (Wildman–Crippen LogP) is 3.09. The molecule has 2 heterocycles. The van der Waals surface area contributed by atoms with Crippen molar-refractivity contribution in [3.8, 4) is 11.3 Å². The van der Waals surface area contributed by atoms with E-state index < -0.39 is 5.76 Å². The average molecular weight is 345 g/mol. The molecule has 24 heavy (non-hydrogen) atoms. The first-order valence-electron chi connectivity index (χ1n) is 8.00. The summed E-state index contributed by atoms with van der Waals surface area (Å²) in [5.74, 6) is -0.360. The van der Waals surface area contributed by atoms with Gasteiger partial charge in [0.1, 0.15) is 0 Å². The number of nitrogens with one attached hydrogen (secondary N) is 2. The number of nitrogens with zero attached hydrogens (tertiary/aromatic N) is 1. The van der Waals surface area contributed by atoms with E-state index in [9.17, 15) is 9.59 Å². The molecule has 0 saturated heterocycles. The van der Waals surface area contributed by atoms with Crippen molar-refractivity contribution in [2.24, 2.45) is 0 Å². The molecule has 1 aromatic carbocycles. The van der Waals surface area contributed by atoms with Crippen LogP contribution >= 0.6 is 11.3 Å². The highest BCUT2D eigenvalue weighted by Crippen LogP contribution is 2.25. The van der Waals surface area contributed by atoms with Crippen LogP contribution in [-0.2, 0) is 11.2 Å². The van der Waals surface area contributed by atoms with E-state index >= 15 is 0 Å². The number of amides is 1. The maximum Gasteiger partial charge on any atom is 0.417 e. The third kappa shape index (κ3) is 3.91. The number of fused-ring (bicyclic) bond motifs is 1. The maximum atomic E-state index is 11.6. The van der Waals surface area contributed by atoms with Gasteiger partial charge in [-0.25, -0.2) is 9.78 Å². The number of hydrogen-bond acceptors (Lipinski definition) is 5. The highest BCUT2D eigenvalue weighted by molar-refractivity contribution is 7.09. The molecule has 0 spiro atoms. The number of hydrogen-bond donors (Lipinski definition) is 2. The van der Waals surface area contributed by atoms with Crippen molar-refractivity contribution in [3.05, 3.63) is 39.1 Å². The monoisotopic (exact) mass is 345 g/mol. The molecule has 0 aliphatic carbocycles. The number of oxazole rings is 1. The SMILES string of the molecule is CCCCC(=O)NCCc1nc(-c2ccc3[nH]c(=O)oc3c2)cs1. The van der Waals surface area contributed by atoms with Gasteiger partial charge in [-0.3, -0.25) is 9.78 Å². The zero-order chi connectivity index (χ0) is 16.9. The van der Waals surface area contributed by atoms with Gasteiger partial charge >= 0.3 is 5.76 Å². The zero-order valence-corrected chi connectivity index (χ0v) is 14.2. The van der Waals surface area contributed by atoms with Crippen LogP contribution in [0.2, 0.25) is 0 Å². The van der Waals surface area contributed by atoms with Crippen molar-refractivity contribution in [2.75, 3.05) is 6.54 Å². The van der Waals surface area contributed by atoms with Gasteiger partial charge in [-0.15, -0.1) is 11.3 Å².